The number of nitrogens with one attached hydrogen (secondary N) is 1. The molecule has 0 saturated carbocycles. The number of halogens is 3. The highest BCUT2D eigenvalue weighted by Gasteiger charge is 2.13. The maximum absolute atomic E-state index is 12.2. The number of amides is 1. The van der Waals surface area contributed by atoms with Gasteiger partial charge in [-0.1, -0.05) is 17.7 Å². The SMILES string of the molecule is Nc1ccc(NC(=O)c2cccc(Br)c2Cl)c(Br)c1. The average molecular weight is 404 g/mol. The Kier molecular flexibility index (Phi) is 4.50. The number of anilines is 2. The Labute approximate surface area is 132 Å². The van der Waals surface area contributed by atoms with Crippen LogP contribution in [0.1, 0.15) is 10.4 Å². The van der Waals surface area contributed by atoms with E-state index < -0.39 is 0 Å². The summed E-state index contributed by atoms with van der Waals surface area (Å²) in [5.74, 6) is -0.281. The third-order valence-corrected chi connectivity index (χ3v) is 4.39. The van der Waals surface area contributed by atoms with Gasteiger partial charge in [-0.3, -0.25) is 4.79 Å². The largest absolute Gasteiger partial charge is 0.399 e. The molecular weight excluding hydrogens is 395 g/mol. The molecule has 0 atom stereocenters. The van der Waals surface area contributed by atoms with Crippen LogP contribution in [0.5, 0.6) is 0 Å². The van der Waals surface area contributed by atoms with Gasteiger partial charge in [-0.25, -0.2) is 0 Å². The van der Waals surface area contributed by atoms with Gasteiger partial charge in [0, 0.05) is 14.6 Å². The van der Waals surface area contributed by atoms with Crippen LogP contribution < -0.4 is 11.1 Å². The molecule has 0 fully saturated rings. The summed E-state index contributed by atoms with van der Waals surface area (Å²) in [6.45, 7) is 0. The van der Waals surface area contributed by atoms with Gasteiger partial charge in [-0.05, 0) is 62.2 Å². The number of hydrogen-bond donors (Lipinski definition) is 2. The van der Waals surface area contributed by atoms with Crippen molar-refractivity contribution in [1.82, 2.24) is 0 Å². The summed E-state index contributed by atoms with van der Waals surface area (Å²) < 4.78 is 1.39. The molecule has 6 heteroatoms. The lowest BCUT2D eigenvalue weighted by atomic mass is 10.2. The van der Waals surface area contributed by atoms with Crippen LogP contribution in [-0.4, -0.2) is 5.91 Å². The van der Waals surface area contributed by atoms with Crippen LogP contribution in [0.25, 0.3) is 0 Å². The van der Waals surface area contributed by atoms with Crippen molar-refractivity contribution >= 4 is 60.7 Å². The second-order valence-corrected chi connectivity index (χ2v) is 5.88. The molecule has 0 aromatic heterocycles. The highest BCUT2D eigenvalue weighted by molar-refractivity contribution is 9.11. The van der Waals surface area contributed by atoms with Crippen molar-refractivity contribution in [3.8, 4) is 0 Å². The summed E-state index contributed by atoms with van der Waals surface area (Å²) in [4.78, 5) is 12.2. The first kappa shape index (κ1) is 14.4. The fraction of sp³-hybridized carbons (Fsp3) is 0. The Bertz CT molecular complexity index is 647. The maximum atomic E-state index is 12.2. The van der Waals surface area contributed by atoms with Gasteiger partial charge in [-0.15, -0.1) is 0 Å². The van der Waals surface area contributed by atoms with Gasteiger partial charge in [0.25, 0.3) is 5.91 Å². The van der Waals surface area contributed by atoms with Crippen molar-refractivity contribution in [3.63, 3.8) is 0 Å². The molecule has 0 aliphatic carbocycles. The van der Waals surface area contributed by atoms with E-state index in [1.165, 1.54) is 0 Å². The number of benzene rings is 2. The van der Waals surface area contributed by atoms with Crippen LogP contribution >= 0.6 is 43.5 Å². The molecule has 2 aromatic carbocycles. The highest BCUT2D eigenvalue weighted by Crippen LogP contribution is 2.29. The summed E-state index contributed by atoms with van der Waals surface area (Å²) in [7, 11) is 0. The van der Waals surface area contributed by atoms with Crippen molar-refractivity contribution in [2.75, 3.05) is 11.1 Å². The van der Waals surface area contributed by atoms with Crippen LogP contribution in [0.15, 0.2) is 45.3 Å². The Morgan fingerprint density at radius 3 is 2.58 bits per heavy atom. The highest BCUT2D eigenvalue weighted by atomic mass is 79.9. The van der Waals surface area contributed by atoms with E-state index in [1.54, 1.807) is 36.4 Å². The van der Waals surface area contributed by atoms with Gasteiger partial charge in [-0.2, -0.15) is 0 Å². The predicted octanol–water partition coefficient (Wildman–Crippen LogP) is 4.70. The lowest BCUT2D eigenvalue weighted by molar-refractivity contribution is 0.102. The minimum absolute atomic E-state index is 0.281. The van der Waals surface area contributed by atoms with E-state index in [9.17, 15) is 4.79 Å². The number of nitrogen functional groups attached to an aromatic ring is 1. The molecule has 3 N–H and O–H groups in total. The van der Waals surface area contributed by atoms with Gasteiger partial charge < -0.3 is 11.1 Å². The zero-order valence-corrected chi connectivity index (χ0v) is 13.5. The number of carbonyl (C=O) groups excluding carboxylic acids is 1. The minimum atomic E-state index is -0.281. The fourth-order valence-electron chi connectivity index (χ4n) is 1.50. The molecule has 0 unspecified atom stereocenters. The van der Waals surface area contributed by atoms with Crippen LogP contribution in [0.3, 0.4) is 0 Å². The van der Waals surface area contributed by atoms with E-state index in [0.29, 0.717) is 30.9 Å². The molecule has 2 aromatic rings. The number of hydrogen-bond acceptors (Lipinski definition) is 2. The van der Waals surface area contributed by atoms with E-state index in [-0.39, 0.29) is 5.91 Å². The summed E-state index contributed by atoms with van der Waals surface area (Å²) >= 11 is 12.7. The van der Waals surface area contributed by atoms with Gasteiger partial charge >= 0.3 is 0 Å². The lowest BCUT2D eigenvalue weighted by Gasteiger charge is -2.09. The number of rotatable bonds is 2. The van der Waals surface area contributed by atoms with E-state index >= 15 is 0 Å². The Morgan fingerprint density at radius 2 is 1.89 bits per heavy atom. The first-order chi connectivity index (χ1) is 8.99. The average Bonchev–Trinajstić information content (AvgIpc) is 2.36. The maximum Gasteiger partial charge on any atom is 0.257 e. The predicted molar refractivity (Wildman–Crippen MR) is 85.7 cm³/mol. The van der Waals surface area contributed by atoms with Crippen molar-refractivity contribution in [2.24, 2.45) is 0 Å². The van der Waals surface area contributed by atoms with E-state index in [0.717, 1.165) is 0 Å². The second-order valence-electron chi connectivity index (χ2n) is 3.79. The normalized spacial score (nSPS) is 10.3. The molecule has 0 spiro atoms. The molecule has 2 rings (SSSR count). The monoisotopic (exact) mass is 402 g/mol. The van der Waals surface area contributed by atoms with Crippen LogP contribution in [0, 0.1) is 0 Å². The van der Waals surface area contributed by atoms with Gasteiger partial charge in [0.15, 0.2) is 0 Å². The molecule has 0 saturated heterocycles. The minimum Gasteiger partial charge on any atom is -0.399 e. The summed E-state index contributed by atoms with van der Waals surface area (Å²) in [6.07, 6.45) is 0. The molecule has 0 bridgehead atoms. The zero-order valence-electron chi connectivity index (χ0n) is 9.58. The smallest absolute Gasteiger partial charge is 0.257 e. The summed E-state index contributed by atoms with van der Waals surface area (Å²) in [5.41, 5.74) is 7.30. The van der Waals surface area contributed by atoms with Gasteiger partial charge in [0.2, 0.25) is 0 Å². The Morgan fingerprint density at radius 1 is 1.16 bits per heavy atom. The van der Waals surface area contributed by atoms with Gasteiger partial charge in [0.05, 0.1) is 16.3 Å². The number of carbonyl (C=O) groups is 1. The summed E-state index contributed by atoms with van der Waals surface area (Å²) in [6, 6.07) is 10.3. The zero-order chi connectivity index (χ0) is 14.0. The molecule has 1 amide bonds. The topological polar surface area (TPSA) is 55.1 Å². The Balaban J connectivity index is 2.28. The molecule has 0 aliphatic rings. The number of nitrogens with two attached hydrogens (primary N) is 1. The van der Waals surface area contributed by atoms with Crippen LogP contribution in [0.4, 0.5) is 11.4 Å². The van der Waals surface area contributed by atoms with E-state index in [4.69, 9.17) is 17.3 Å². The molecule has 19 heavy (non-hydrogen) atoms. The third kappa shape index (κ3) is 3.29. The van der Waals surface area contributed by atoms with Crippen LogP contribution in [0.2, 0.25) is 5.02 Å². The van der Waals surface area contributed by atoms with Crippen molar-refractivity contribution in [3.05, 3.63) is 55.9 Å². The third-order valence-electron chi connectivity index (χ3n) is 2.44. The van der Waals surface area contributed by atoms with E-state index in [1.807, 2.05) is 0 Å². The first-order valence-electron chi connectivity index (χ1n) is 5.29. The lowest BCUT2D eigenvalue weighted by Crippen LogP contribution is -2.13. The molecule has 0 aliphatic heterocycles. The standard InChI is InChI=1S/C13H9Br2ClN2O/c14-9-3-1-2-8(12(9)16)13(19)18-11-5-4-7(17)6-10(11)15/h1-6H,17H2,(H,18,19). The molecule has 3 nitrogen and oxygen atoms in total. The van der Waals surface area contributed by atoms with Crippen LogP contribution in [-0.2, 0) is 0 Å². The Hall–Kier alpha value is -1.04. The molecule has 0 heterocycles. The summed E-state index contributed by atoms with van der Waals surface area (Å²) in [5, 5.41) is 3.16. The first-order valence-corrected chi connectivity index (χ1v) is 7.26. The van der Waals surface area contributed by atoms with Crippen molar-refractivity contribution in [1.29, 1.82) is 0 Å². The van der Waals surface area contributed by atoms with Crippen molar-refractivity contribution < 1.29 is 4.79 Å². The van der Waals surface area contributed by atoms with E-state index in [2.05, 4.69) is 37.2 Å². The van der Waals surface area contributed by atoms with Crippen molar-refractivity contribution in [2.45, 2.75) is 0 Å². The second kappa shape index (κ2) is 5.94. The fourth-order valence-corrected chi connectivity index (χ4v) is 2.58. The quantitative estimate of drug-likeness (QED) is 0.713. The molecular formula is C13H9Br2ClN2O. The molecule has 98 valence electrons. The molecule has 0 radical (unpaired) electrons. The van der Waals surface area contributed by atoms with Gasteiger partial charge in [0.1, 0.15) is 0 Å².